The average molecular weight is 299 g/mol. The van der Waals surface area contributed by atoms with Gasteiger partial charge in [0.2, 0.25) is 0 Å². The third kappa shape index (κ3) is 2.44. The van der Waals surface area contributed by atoms with Gasteiger partial charge in [-0.15, -0.1) is 0 Å². The lowest BCUT2D eigenvalue weighted by Crippen LogP contribution is -2.26. The fourth-order valence-corrected chi connectivity index (χ4v) is 3.91. The number of nitrogens with zero attached hydrogens (tertiary/aromatic N) is 2. The summed E-state index contributed by atoms with van der Waals surface area (Å²) in [4.78, 5) is 0. The van der Waals surface area contributed by atoms with Gasteiger partial charge < -0.3 is 0 Å². The number of aryl methyl sites for hydroxylation is 1. The number of aromatic nitrogens is 2. The van der Waals surface area contributed by atoms with E-state index in [9.17, 15) is 0 Å². The van der Waals surface area contributed by atoms with Crippen LogP contribution in [0.4, 0.5) is 0 Å². The van der Waals surface area contributed by atoms with E-state index in [1.807, 2.05) is 0 Å². The first kappa shape index (κ1) is 13.1. The molecule has 0 atom stereocenters. The van der Waals surface area contributed by atoms with E-state index in [0.717, 1.165) is 18.3 Å². The van der Waals surface area contributed by atoms with Crippen LogP contribution in [-0.2, 0) is 13.0 Å². The molecule has 2 rings (SSSR count). The molecule has 1 aromatic rings. The summed E-state index contributed by atoms with van der Waals surface area (Å²) >= 11 is 3.72. The first-order valence-corrected chi connectivity index (χ1v) is 7.83. The van der Waals surface area contributed by atoms with E-state index in [1.54, 1.807) is 0 Å². The Labute approximate surface area is 113 Å². The highest BCUT2D eigenvalue weighted by molar-refractivity contribution is 9.09. The number of rotatable bonds is 4. The minimum atomic E-state index is 0.453. The highest BCUT2D eigenvalue weighted by Gasteiger charge is 2.34. The largest absolute Gasteiger partial charge is 0.269 e. The highest BCUT2D eigenvalue weighted by Crippen LogP contribution is 2.41. The van der Waals surface area contributed by atoms with Crippen LogP contribution in [0.25, 0.3) is 0 Å². The van der Waals surface area contributed by atoms with E-state index in [1.165, 1.54) is 42.6 Å². The van der Waals surface area contributed by atoms with Crippen molar-refractivity contribution in [2.75, 3.05) is 5.33 Å². The molecule has 0 aliphatic heterocycles. The molecule has 1 heterocycles. The fourth-order valence-electron chi connectivity index (χ4n) is 3.18. The van der Waals surface area contributed by atoms with E-state index >= 15 is 0 Å². The molecule has 0 radical (unpaired) electrons. The number of hydrogen-bond donors (Lipinski definition) is 0. The molecule has 1 saturated carbocycles. The van der Waals surface area contributed by atoms with Crippen molar-refractivity contribution in [2.24, 2.45) is 5.41 Å². The Hall–Kier alpha value is -0.310. The summed E-state index contributed by atoms with van der Waals surface area (Å²) in [5, 5.41) is 5.84. The Balaban J connectivity index is 2.23. The van der Waals surface area contributed by atoms with Crippen molar-refractivity contribution in [3.05, 3.63) is 17.0 Å². The molecule has 96 valence electrons. The maximum Gasteiger partial charge on any atom is 0.0628 e. The summed E-state index contributed by atoms with van der Waals surface area (Å²) in [7, 11) is 0. The fraction of sp³-hybridized carbons (Fsp3) is 0.786. The molecule has 3 heteroatoms. The number of halogens is 1. The Morgan fingerprint density at radius 2 is 1.94 bits per heavy atom. The molecule has 0 bridgehead atoms. The van der Waals surface area contributed by atoms with Crippen LogP contribution in [0.2, 0.25) is 0 Å². The van der Waals surface area contributed by atoms with Gasteiger partial charge in [-0.1, -0.05) is 35.7 Å². The van der Waals surface area contributed by atoms with Gasteiger partial charge in [0.1, 0.15) is 0 Å². The van der Waals surface area contributed by atoms with Crippen LogP contribution < -0.4 is 0 Å². The van der Waals surface area contributed by atoms with Crippen LogP contribution in [0.3, 0.4) is 0 Å². The second-order valence-electron chi connectivity index (χ2n) is 5.50. The summed E-state index contributed by atoms with van der Waals surface area (Å²) in [5.41, 5.74) is 4.48. The van der Waals surface area contributed by atoms with Crippen molar-refractivity contribution >= 4 is 15.9 Å². The zero-order valence-corrected chi connectivity index (χ0v) is 12.8. The molecule has 0 amide bonds. The molecule has 1 aliphatic rings. The topological polar surface area (TPSA) is 17.8 Å². The Morgan fingerprint density at radius 3 is 2.41 bits per heavy atom. The van der Waals surface area contributed by atoms with E-state index in [0.29, 0.717) is 5.41 Å². The SMILES string of the molecule is CCc1c(C)nn(CC2(CBr)CCCC2)c1C. The smallest absolute Gasteiger partial charge is 0.0628 e. The summed E-state index contributed by atoms with van der Waals surface area (Å²) in [5.74, 6) is 0. The summed E-state index contributed by atoms with van der Waals surface area (Å²) in [6.07, 6.45) is 6.55. The third-order valence-electron chi connectivity index (χ3n) is 4.32. The maximum atomic E-state index is 4.73. The second-order valence-corrected chi connectivity index (χ2v) is 6.06. The molecule has 2 nitrogen and oxygen atoms in total. The normalized spacial score (nSPS) is 18.8. The van der Waals surface area contributed by atoms with Crippen LogP contribution in [0.1, 0.15) is 49.6 Å². The lowest BCUT2D eigenvalue weighted by atomic mass is 9.89. The molecule has 0 N–H and O–H groups in total. The molecule has 0 saturated heterocycles. The van der Waals surface area contributed by atoms with Crippen molar-refractivity contribution in [2.45, 2.75) is 59.4 Å². The summed E-state index contributed by atoms with van der Waals surface area (Å²) in [6.45, 7) is 7.66. The van der Waals surface area contributed by atoms with Crippen LogP contribution in [0.5, 0.6) is 0 Å². The summed E-state index contributed by atoms with van der Waals surface area (Å²) < 4.78 is 2.25. The van der Waals surface area contributed by atoms with Crippen LogP contribution in [0.15, 0.2) is 0 Å². The van der Waals surface area contributed by atoms with E-state index in [4.69, 9.17) is 5.10 Å². The van der Waals surface area contributed by atoms with Gasteiger partial charge in [-0.05, 0) is 44.1 Å². The van der Waals surface area contributed by atoms with Crippen LogP contribution >= 0.6 is 15.9 Å². The molecular formula is C14H23BrN2. The molecule has 0 aromatic carbocycles. The number of hydrogen-bond acceptors (Lipinski definition) is 1. The molecule has 17 heavy (non-hydrogen) atoms. The molecule has 1 fully saturated rings. The van der Waals surface area contributed by atoms with Gasteiger partial charge in [0.15, 0.2) is 0 Å². The second kappa shape index (κ2) is 5.13. The van der Waals surface area contributed by atoms with Crippen molar-refractivity contribution in [3.63, 3.8) is 0 Å². The third-order valence-corrected chi connectivity index (χ3v) is 5.51. The Morgan fingerprint density at radius 1 is 1.29 bits per heavy atom. The first-order valence-electron chi connectivity index (χ1n) is 6.71. The number of alkyl halides is 1. The van der Waals surface area contributed by atoms with E-state index < -0.39 is 0 Å². The van der Waals surface area contributed by atoms with Crippen LogP contribution in [-0.4, -0.2) is 15.1 Å². The van der Waals surface area contributed by atoms with Crippen molar-refractivity contribution < 1.29 is 0 Å². The summed E-state index contributed by atoms with van der Waals surface area (Å²) in [6, 6.07) is 0. The van der Waals surface area contributed by atoms with E-state index in [-0.39, 0.29) is 0 Å². The van der Waals surface area contributed by atoms with Gasteiger partial charge in [0.05, 0.1) is 5.69 Å². The minimum Gasteiger partial charge on any atom is -0.269 e. The predicted octanol–water partition coefficient (Wildman–Crippen LogP) is 4.02. The zero-order valence-electron chi connectivity index (χ0n) is 11.2. The van der Waals surface area contributed by atoms with Gasteiger partial charge in [-0.25, -0.2) is 0 Å². The van der Waals surface area contributed by atoms with Crippen molar-refractivity contribution in [1.29, 1.82) is 0 Å². The van der Waals surface area contributed by atoms with Gasteiger partial charge in [0.25, 0.3) is 0 Å². The average Bonchev–Trinajstić information content (AvgIpc) is 2.87. The predicted molar refractivity (Wildman–Crippen MR) is 75.8 cm³/mol. The molecule has 0 unspecified atom stereocenters. The van der Waals surface area contributed by atoms with Gasteiger partial charge in [-0.3, -0.25) is 4.68 Å². The lowest BCUT2D eigenvalue weighted by molar-refractivity contribution is 0.274. The monoisotopic (exact) mass is 298 g/mol. The van der Waals surface area contributed by atoms with Crippen molar-refractivity contribution in [1.82, 2.24) is 9.78 Å². The van der Waals surface area contributed by atoms with Crippen LogP contribution in [0, 0.1) is 19.3 Å². The standard InChI is InChI=1S/C14H23BrN2/c1-4-13-11(2)16-17(12(13)3)10-14(9-15)7-5-6-8-14/h4-10H2,1-3H3. The van der Waals surface area contributed by atoms with Gasteiger partial charge in [0, 0.05) is 17.6 Å². The zero-order chi connectivity index (χ0) is 12.5. The van der Waals surface area contributed by atoms with Gasteiger partial charge in [-0.2, -0.15) is 5.10 Å². The maximum absolute atomic E-state index is 4.73. The molecule has 1 aromatic heterocycles. The Bertz CT molecular complexity index is 389. The molecular weight excluding hydrogens is 276 g/mol. The lowest BCUT2D eigenvalue weighted by Gasteiger charge is -2.27. The molecule has 1 aliphatic carbocycles. The molecule has 0 spiro atoms. The minimum absolute atomic E-state index is 0.453. The first-order chi connectivity index (χ1) is 8.12. The Kier molecular flexibility index (Phi) is 3.96. The quantitative estimate of drug-likeness (QED) is 0.768. The van der Waals surface area contributed by atoms with Crippen molar-refractivity contribution in [3.8, 4) is 0 Å². The highest BCUT2D eigenvalue weighted by atomic mass is 79.9. The van der Waals surface area contributed by atoms with Gasteiger partial charge >= 0.3 is 0 Å². The van der Waals surface area contributed by atoms with E-state index in [2.05, 4.69) is 41.4 Å².